The first-order valence-corrected chi connectivity index (χ1v) is 4.73. The van der Waals surface area contributed by atoms with Gasteiger partial charge in [0.2, 0.25) is 0 Å². The topological polar surface area (TPSA) is 69.1 Å². The fraction of sp³-hybridized carbons (Fsp3) is 0.444. The zero-order chi connectivity index (χ0) is 9.97. The minimum atomic E-state index is -0.0441. The first kappa shape index (κ1) is 9.08. The van der Waals surface area contributed by atoms with Crippen molar-refractivity contribution in [2.45, 2.75) is 25.8 Å². The van der Waals surface area contributed by atoms with E-state index in [1.807, 2.05) is 10.6 Å². The Kier molecular flexibility index (Phi) is 2.41. The lowest BCUT2D eigenvalue weighted by atomic mass is 10.2. The van der Waals surface area contributed by atoms with Crippen molar-refractivity contribution < 1.29 is 0 Å². The summed E-state index contributed by atoms with van der Waals surface area (Å²) in [6, 6.07) is -0.0441. The molecule has 1 unspecified atom stereocenters. The van der Waals surface area contributed by atoms with Crippen molar-refractivity contribution in [3.05, 3.63) is 24.4 Å². The standard InChI is InChI=1S/C9H13N5/c1-2-3-7(10)9-13-12-8-6-11-4-5-14(8)9/h4-7H,2-3,10H2,1H3. The molecule has 0 radical (unpaired) electrons. The van der Waals surface area contributed by atoms with Crippen molar-refractivity contribution in [2.75, 3.05) is 0 Å². The molecule has 2 heterocycles. The summed E-state index contributed by atoms with van der Waals surface area (Å²) in [4.78, 5) is 3.97. The highest BCUT2D eigenvalue weighted by molar-refractivity contribution is 5.34. The maximum Gasteiger partial charge on any atom is 0.179 e. The molecule has 0 aliphatic heterocycles. The fourth-order valence-electron chi connectivity index (χ4n) is 1.46. The van der Waals surface area contributed by atoms with Crippen molar-refractivity contribution in [1.29, 1.82) is 0 Å². The van der Waals surface area contributed by atoms with Gasteiger partial charge in [0.15, 0.2) is 11.5 Å². The molecule has 74 valence electrons. The van der Waals surface area contributed by atoms with Gasteiger partial charge in [0, 0.05) is 12.4 Å². The summed E-state index contributed by atoms with van der Waals surface area (Å²) >= 11 is 0. The van der Waals surface area contributed by atoms with Crippen molar-refractivity contribution in [3.63, 3.8) is 0 Å². The number of hydrogen-bond donors (Lipinski definition) is 1. The second-order valence-corrected chi connectivity index (χ2v) is 3.26. The molecule has 2 aromatic heterocycles. The zero-order valence-electron chi connectivity index (χ0n) is 8.09. The van der Waals surface area contributed by atoms with Crippen LogP contribution in [0.3, 0.4) is 0 Å². The van der Waals surface area contributed by atoms with Crippen LogP contribution in [-0.4, -0.2) is 19.6 Å². The van der Waals surface area contributed by atoms with Crippen LogP contribution in [0.5, 0.6) is 0 Å². The second kappa shape index (κ2) is 3.71. The van der Waals surface area contributed by atoms with Gasteiger partial charge in [-0.2, -0.15) is 0 Å². The molecule has 0 aliphatic rings. The van der Waals surface area contributed by atoms with Gasteiger partial charge in [0.25, 0.3) is 0 Å². The summed E-state index contributed by atoms with van der Waals surface area (Å²) in [5.41, 5.74) is 6.72. The molecule has 0 bridgehead atoms. The highest BCUT2D eigenvalue weighted by Crippen LogP contribution is 2.13. The molecule has 2 N–H and O–H groups in total. The molecule has 1 atom stereocenters. The summed E-state index contributed by atoms with van der Waals surface area (Å²) < 4.78 is 1.88. The van der Waals surface area contributed by atoms with Crippen molar-refractivity contribution in [1.82, 2.24) is 19.6 Å². The van der Waals surface area contributed by atoms with Gasteiger partial charge < -0.3 is 5.73 Å². The summed E-state index contributed by atoms with van der Waals surface area (Å²) in [7, 11) is 0. The average Bonchev–Trinajstić information content (AvgIpc) is 2.61. The Labute approximate surface area is 82.0 Å². The van der Waals surface area contributed by atoms with Gasteiger partial charge >= 0.3 is 0 Å². The number of aromatic nitrogens is 4. The largest absolute Gasteiger partial charge is 0.321 e. The molecule has 2 rings (SSSR count). The molecule has 5 heteroatoms. The predicted molar refractivity (Wildman–Crippen MR) is 52.6 cm³/mol. The van der Waals surface area contributed by atoms with Gasteiger partial charge in [-0.15, -0.1) is 10.2 Å². The Balaban J connectivity index is 2.42. The quantitative estimate of drug-likeness (QED) is 0.783. The Hall–Kier alpha value is -1.49. The average molecular weight is 191 g/mol. The number of fused-ring (bicyclic) bond motifs is 1. The van der Waals surface area contributed by atoms with E-state index in [1.165, 1.54) is 0 Å². The summed E-state index contributed by atoms with van der Waals surface area (Å²) in [5, 5.41) is 8.05. The van der Waals surface area contributed by atoms with Gasteiger partial charge in [-0.1, -0.05) is 13.3 Å². The van der Waals surface area contributed by atoms with E-state index in [0.717, 1.165) is 24.3 Å². The van der Waals surface area contributed by atoms with Crippen LogP contribution in [0.25, 0.3) is 5.65 Å². The van der Waals surface area contributed by atoms with Gasteiger partial charge in [0.05, 0.1) is 12.2 Å². The van der Waals surface area contributed by atoms with Crippen LogP contribution >= 0.6 is 0 Å². The SMILES string of the molecule is CCCC(N)c1nnc2cnccn12. The molecule has 14 heavy (non-hydrogen) atoms. The van der Waals surface area contributed by atoms with E-state index in [4.69, 9.17) is 5.73 Å². The minimum absolute atomic E-state index is 0.0441. The molecule has 0 aliphatic carbocycles. The van der Waals surface area contributed by atoms with Crippen LogP contribution in [0.1, 0.15) is 31.6 Å². The molecule has 0 saturated heterocycles. The summed E-state index contributed by atoms with van der Waals surface area (Å²) in [5.74, 6) is 0.809. The first-order chi connectivity index (χ1) is 6.83. The molecule has 0 spiro atoms. The lowest BCUT2D eigenvalue weighted by Gasteiger charge is -2.07. The molecule has 0 saturated carbocycles. The predicted octanol–water partition coefficient (Wildman–Crippen LogP) is 0.924. The molecule has 5 nitrogen and oxygen atoms in total. The van der Waals surface area contributed by atoms with E-state index in [1.54, 1.807) is 12.4 Å². The number of hydrogen-bond acceptors (Lipinski definition) is 4. The lowest BCUT2D eigenvalue weighted by Crippen LogP contribution is -2.13. The number of nitrogens with two attached hydrogens (primary N) is 1. The van der Waals surface area contributed by atoms with E-state index in [2.05, 4.69) is 22.1 Å². The zero-order valence-corrected chi connectivity index (χ0v) is 8.09. The third kappa shape index (κ3) is 1.46. The molecule has 0 aromatic carbocycles. The van der Waals surface area contributed by atoms with Crippen LogP contribution in [0.4, 0.5) is 0 Å². The molecule has 0 amide bonds. The van der Waals surface area contributed by atoms with E-state index in [0.29, 0.717) is 0 Å². The third-order valence-corrected chi connectivity index (χ3v) is 2.17. The lowest BCUT2D eigenvalue weighted by molar-refractivity contribution is 0.596. The normalized spacial score (nSPS) is 13.3. The summed E-state index contributed by atoms with van der Waals surface area (Å²) in [6.45, 7) is 2.10. The Morgan fingerprint density at radius 3 is 3.14 bits per heavy atom. The van der Waals surface area contributed by atoms with Crippen LogP contribution in [-0.2, 0) is 0 Å². The first-order valence-electron chi connectivity index (χ1n) is 4.73. The fourth-order valence-corrected chi connectivity index (χ4v) is 1.46. The Bertz CT molecular complexity index is 422. The molecule has 2 aromatic rings. The highest BCUT2D eigenvalue weighted by atomic mass is 15.3. The summed E-state index contributed by atoms with van der Waals surface area (Å²) in [6.07, 6.45) is 7.18. The second-order valence-electron chi connectivity index (χ2n) is 3.26. The monoisotopic (exact) mass is 191 g/mol. The van der Waals surface area contributed by atoms with Gasteiger partial charge in [0.1, 0.15) is 0 Å². The van der Waals surface area contributed by atoms with Crippen molar-refractivity contribution in [3.8, 4) is 0 Å². The minimum Gasteiger partial charge on any atom is -0.321 e. The Morgan fingerprint density at radius 2 is 2.36 bits per heavy atom. The number of rotatable bonds is 3. The van der Waals surface area contributed by atoms with Crippen molar-refractivity contribution in [2.24, 2.45) is 5.73 Å². The van der Waals surface area contributed by atoms with Gasteiger partial charge in [-0.3, -0.25) is 9.38 Å². The maximum atomic E-state index is 5.97. The smallest absolute Gasteiger partial charge is 0.179 e. The van der Waals surface area contributed by atoms with E-state index in [-0.39, 0.29) is 6.04 Å². The van der Waals surface area contributed by atoms with Gasteiger partial charge in [-0.05, 0) is 6.42 Å². The third-order valence-electron chi connectivity index (χ3n) is 2.17. The molecular weight excluding hydrogens is 178 g/mol. The van der Waals surface area contributed by atoms with Crippen molar-refractivity contribution >= 4 is 5.65 Å². The maximum absolute atomic E-state index is 5.97. The molecule has 0 fully saturated rings. The van der Waals surface area contributed by atoms with Crippen LogP contribution in [0.2, 0.25) is 0 Å². The number of nitrogens with zero attached hydrogens (tertiary/aromatic N) is 4. The van der Waals surface area contributed by atoms with E-state index in [9.17, 15) is 0 Å². The van der Waals surface area contributed by atoms with Crippen LogP contribution in [0, 0.1) is 0 Å². The highest BCUT2D eigenvalue weighted by Gasteiger charge is 2.12. The Morgan fingerprint density at radius 1 is 1.50 bits per heavy atom. The van der Waals surface area contributed by atoms with E-state index >= 15 is 0 Å². The van der Waals surface area contributed by atoms with E-state index < -0.39 is 0 Å². The van der Waals surface area contributed by atoms with Gasteiger partial charge in [-0.25, -0.2) is 0 Å². The van der Waals surface area contributed by atoms with Crippen LogP contribution in [0.15, 0.2) is 18.6 Å². The molecular formula is C9H13N5. The van der Waals surface area contributed by atoms with Crippen LogP contribution < -0.4 is 5.73 Å².